The van der Waals surface area contributed by atoms with Gasteiger partial charge >= 0.3 is 6.18 Å². The van der Waals surface area contributed by atoms with Crippen LogP contribution in [0.2, 0.25) is 0 Å². The second-order valence-electron chi connectivity index (χ2n) is 12.9. The number of carbonyl (C=O) groups excluding carboxylic acids is 3. The molecule has 7 nitrogen and oxygen atoms in total. The van der Waals surface area contributed by atoms with Crippen LogP contribution in [0.15, 0.2) is 72.1 Å². The largest absolute Gasteiger partial charge is 0.416 e. The van der Waals surface area contributed by atoms with E-state index in [0.717, 1.165) is 33.8 Å². The summed E-state index contributed by atoms with van der Waals surface area (Å²) >= 11 is 1.47. The summed E-state index contributed by atoms with van der Waals surface area (Å²) in [6, 6.07) is 17.9. The molecule has 0 spiro atoms. The number of likely N-dealkylation sites (tertiary alicyclic amines) is 1. The molecule has 0 aliphatic carbocycles. The third-order valence-corrected chi connectivity index (χ3v) is 10.6. The van der Waals surface area contributed by atoms with Crippen molar-refractivity contribution in [2.24, 2.45) is 0 Å². The number of carbonyl (C=O) groups is 3. The number of nitrogens with zero attached hydrogens (tertiary/aromatic N) is 4. The fraction of sp³-hybridized carbons (Fsp3) is 0.368. The number of piperazine rings is 1. The number of aryl methyl sites for hydroxylation is 2. The third kappa shape index (κ3) is 7.94. The summed E-state index contributed by atoms with van der Waals surface area (Å²) in [5, 5.41) is 2.70. The molecule has 0 N–H and O–H groups in total. The van der Waals surface area contributed by atoms with E-state index in [1.165, 1.54) is 23.5 Å². The van der Waals surface area contributed by atoms with Crippen molar-refractivity contribution >= 4 is 28.9 Å². The Balaban J connectivity index is 1.00. The zero-order valence-corrected chi connectivity index (χ0v) is 28.4. The molecule has 0 radical (unpaired) electrons. The van der Waals surface area contributed by atoms with E-state index in [1.54, 1.807) is 34.1 Å². The van der Waals surface area contributed by atoms with Crippen LogP contribution >= 0.6 is 11.3 Å². The Bertz CT molecular complexity index is 1800. The number of ketones is 1. The molecule has 2 amide bonds. The molecule has 0 atom stereocenters. The van der Waals surface area contributed by atoms with Gasteiger partial charge in [-0.3, -0.25) is 19.3 Å². The summed E-state index contributed by atoms with van der Waals surface area (Å²) < 4.78 is 39.2. The fourth-order valence-corrected chi connectivity index (χ4v) is 7.70. The highest BCUT2D eigenvalue weighted by molar-refractivity contribution is 7.09. The molecule has 3 heterocycles. The molecule has 0 bridgehead atoms. The zero-order chi connectivity index (χ0) is 34.7. The van der Waals surface area contributed by atoms with E-state index in [-0.39, 0.29) is 23.5 Å². The highest BCUT2D eigenvalue weighted by Gasteiger charge is 2.32. The number of rotatable bonds is 8. The maximum absolute atomic E-state index is 13.6. The van der Waals surface area contributed by atoms with Crippen LogP contribution in [0.3, 0.4) is 0 Å². The molecule has 0 unspecified atom stereocenters. The number of halogens is 3. The first-order chi connectivity index (χ1) is 23.5. The number of amides is 2. The predicted molar refractivity (Wildman–Crippen MR) is 184 cm³/mol. The molecule has 2 fully saturated rings. The number of hydrogen-bond donors (Lipinski definition) is 0. The first kappa shape index (κ1) is 34.5. The lowest BCUT2D eigenvalue weighted by atomic mass is 9.94. The second kappa shape index (κ2) is 14.6. The number of aromatic nitrogens is 1. The lowest BCUT2D eigenvalue weighted by molar-refractivity contribution is -0.137. The lowest BCUT2D eigenvalue weighted by Gasteiger charge is -2.34. The standard InChI is InChI=1S/C38H39F3N4O3S/c1-25-6-5-7-26(2)33(25)22-30(46)23-43-18-20-45(21-19-43)37(48)34-24-49-35(42-34)28-14-16-44(17-15-28)36(47)32-9-4-3-8-31(32)27-10-12-29(13-11-27)38(39,40)41/h3-13,24,28H,14-23H2,1-2H3. The molecule has 2 aliphatic rings. The van der Waals surface area contributed by atoms with Gasteiger partial charge in [0.2, 0.25) is 0 Å². The van der Waals surface area contributed by atoms with Crippen LogP contribution in [0, 0.1) is 13.8 Å². The Labute approximate surface area is 288 Å². The normalized spacial score (nSPS) is 16.2. The lowest BCUT2D eigenvalue weighted by Crippen LogP contribution is -2.50. The molecule has 2 saturated heterocycles. The highest BCUT2D eigenvalue weighted by atomic mass is 32.1. The van der Waals surface area contributed by atoms with Gasteiger partial charge in [0.05, 0.1) is 17.1 Å². The maximum atomic E-state index is 13.6. The van der Waals surface area contributed by atoms with Gasteiger partial charge in [0, 0.05) is 62.6 Å². The van der Waals surface area contributed by atoms with E-state index in [4.69, 9.17) is 4.98 Å². The van der Waals surface area contributed by atoms with Gasteiger partial charge in [0.25, 0.3) is 11.8 Å². The average Bonchev–Trinajstić information content (AvgIpc) is 3.60. The van der Waals surface area contributed by atoms with E-state index >= 15 is 0 Å². The Hall–Kier alpha value is -4.35. The van der Waals surface area contributed by atoms with Crippen LogP contribution in [0.25, 0.3) is 11.1 Å². The predicted octanol–water partition coefficient (Wildman–Crippen LogP) is 7.04. The van der Waals surface area contributed by atoms with Crippen molar-refractivity contribution in [2.75, 3.05) is 45.8 Å². The minimum absolute atomic E-state index is 0.100. The number of benzene rings is 3. The molecule has 6 rings (SSSR count). The van der Waals surface area contributed by atoms with Crippen LogP contribution in [0.1, 0.15) is 66.9 Å². The molecule has 11 heteroatoms. The summed E-state index contributed by atoms with van der Waals surface area (Å²) in [6.07, 6.45) is -2.61. The summed E-state index contributed by atoms with van der Waals surface area (Å²) in [5.74, 6) is 0.0459. The van der Waals surface area contributed by atoms with Gasteiger partial charge in [0.15, 0.2) is 5.78 Å². The molecule has 0 saturated carbocycles. The minimum atomic E-state index is -4.43. The molecule has 2 aliphatic heterocycles. The Kier molecular flexibility index (Phi) is 10.3. The van der Waals surface area contributed by atoms with Gasteiger partial charge < -0.3 is 9.80 Å². The molecular weight excluding hydrogens is 650 g/mol. The fourth-order valence-electron chi connectivity index (χ4n) is 6.73. The van der Waals surface area contributed by atoms with Crippen LogP contribution in [-0.2, 0) is 17.4 Å². The zero-order valence-electron chi connectivity index (χ0n) is 27.6. The third-order valence-electron chi connectivity index (χ3n) is 9.63. The van der Waals surface area contributed by atoms with Crippen molar-refractivity contribution in [3.05, 3.63) is 111 Å². The molecule has 4 aromatic rings. The molecule has 49 heavy (non-hydrogen) atoms. The van der Waals surface area contributed by atoms with E-state index in [2.05, 4.69) is 4.90 Å². The average molecular weight is 689 g/mol. The van der Waals surface area contributed by atoms with Gasteiger partial charge in [-0.25, -0.2) is 4.98 Å². The number of alkyl halides is 3. The summed E-state index contributed by atoms with van der Waals surface area (Å²) in [6.45, 7) is 7.81. The monoisotopic (exact) mass is 688 g/mol. The van der Waals surface area contributed by atoms with Crippen molar-refractivity contribution in [3.8, 4) is 11.1 Å². The Morgan fingerprint density at radius 3 is 2.08 bits per heavy atom. The van der Waals surface area contributed by atoms with Gasteiger partial charge in [0.1, 0.15) is 5.69 Å². The smallest absolute Gasteiger partial charge is 0.339 e. The van der Waals surface area contributed by atoms with E-state index < -0.39 is 11.7 Å². The van der Waals surface area contributed by atoms with Crippen molar-refractivity contribution in [2.45, 2.75) is 45.2 Å². The molecule has 1 aromatic heterocycles. The topological polar surface area (TPSA) is 73.8 Å². The van der Waals surface area contributed by atoms with Gasteiger partial charge in [-0.2, -0.15) is 13.2 Å². The number of piperidine rings is 1. The quantitative estimate of drug-likeness (QED) is 0.199. The van der Waals surface area contributed by atoms with Crippen LogP contribution < -0.4 is 0 Å². The van der Waals surface area contributed by atoms with Crippen molar-refractivity contribution in [1.82, 2.24) is 19.7 Å². The van der Waals surface area contributed by atoms with Crippen molar-refractivity contribution in [1.29, 1.82) is 0 Å². The van der Waals surface area contributed by atoms with Crippen LogP contribution in [-0.4, -0.2) is 83.1 Å². The molecule has 3 aromatic carbocycles. The van der Waals surface area contributed by atoms with E-state index in [9.17, 15) is 27.6 Å². The summed E-state index contributed by atoms with van der Waals surface area (Å²) in [5.41, 5.74) is 4.66. The Morgan fingerprint density at radius 1 is 0.796 bits per heavy atom. The first-order valence-corrected chi connectivity index (χ1v) is 17.5. The van der Waals surface area contributed by atoms with Gasteiger partial charge in [-0.05, 0) is 72.7 Å². The van der Waals surface area contributed by atoms with Gasteiger partial charge in [-0.1, -0.05) is 48.5 Å². The summed E-state index contributed by atoms with van der Waals surface area (Å²) in [4.78, 5) is 50.2. The van der Waals surface area contributed by atoms with E-state index in [1.807, 2.05) is 37.4 Å². The maximum Gasteiger partial charge on any atom is 0.416 e. The van der Waals surface area contributed by atoms with Gasteiger partial charge in [-0.15, -0.1) is 11.3 Å². The highest BCUT2D eigenvalue weighted by Crippen LogP contribution is 2.34. The first-order valence-electron chi connectivity index (χ1n) is 16.6. The van der Waals surface area contributed by atoms with Crippen LogP contribution in [0.5, 0.6) is 0 Å². The van der Waals surface area contributed by atoms with Crippen molar-refractivity contribution in [3.63, 3.8) is 0 Å². The summed E-state index contributed by atoms with van der Waals surface area (Å²) in [7, 11) is 0. The molecule has 256 valence electrons. The Morgan fingerprint density at radius 2 is 1.43 bits per heavy atom. The number of thiazole rings is 1. The van der Waals surface area contributed by atoms with Crippen LogP contribution in [0.4, 0.5) is 13.2 Å². The minimum Gasteiger partial charge on any atom is -0.339 e. The number of Topliss-reactive ketones (excluding diaryl/α,β-unsaturated/α-hetero) is 1. The number of hydrogen-bond acceptors (Lipinski definition) is 6. The molecular formula is C38H39F3N4O3S. The van der Waals surface area contributed by atoms with E-state index in [0.29, 0.717) is 87.5 Å². The SMILES string of the molecule is Cc1cccc(C)c1CC(=O)CN1CCN(C(=O)c2csc(C3CCN(C(=O)c4ccccc4-c4ccc(C(F)(F)F)cc4)CC3)n2)CC1. The second-order valence-corrected chi connectivity index (χ2v) is 13.8. The van der Waals surface area contributed by atoms with Crippen molar-refractivity contribution < 1.29 is 27.6 Å².